The lowest BCUT2D eigenvalue weighted by atomic mass is 9.94. The van der Waals surface area contributed by atoms with Crippen LogP contribution in [0.4, 0.5) is 0 Å². The van der Waals surface area contributed by atoms with Gasteiger partial charge in [0.05, 0.1) is 0 Å². The highest BCUT2D eigenvalue weighted by atomic mass is 14.9. The first kappa shape index (κ1) is 14.3. The highest BCUT2D eigenvalue weighted by molar-refractivity contribution is 5.36. The fourth-order valence-electron chi connectivity index (χ4n) is 3.55. The number of hydrogen-bond acceptors (Lipinski definition) is 1. The van der Waals surface area contributed by atoms with Crippen molar-refractivity contribution in [3.8, 4) is 0 Å². The van der Waals surface area contributed by atoms with E-state index in [0.717, 1.165) is 18.4 Å². The highest BCUT2D eigenvalue weighted by Crippen LogP contribution is 2.54. The van der Waals surface area contributed by atoms with Crippen molar-refractivity contribution in [2.24, 2.45) is 5.92 Å². The number of aryl methyl sites for hydroxylation is 2. The topological polar surface area (TPSA) is 12.0 Å². The van der Waals surface area contributed by atoms with Gasteiger partial charge in [-0.25, -0.2) is 0 Å². The fraction of sp³-hybridized carbons (Fsp3) is 0.400. The third-order valence-corrected chi connectivity index (χ3v) is 4.68. The molecular formula is C20H25N. The Morgan fingerprint density at radius 3 is 2.52 bits per heavy atom. The standard InChI is InChI=1S/C20H25N/c1-4-21-20(17-11-10-14(2)12-15(17)3)19-13-18(19)16-8-6-5-7-9-16/h5-12,18-21H,4,13H2,1-3H3. The molecule has 1 saturated carbocycles. The van der Waals surface area contributed by atoms with Crippen molar-refractivity contribution in [1.29, 1.82) is 0 Å². The predicted molar refractivity (Wildman–Crippen MR) is 89.6 cm³/mol. The van der Waals surface area contributed by atoms with Crippen LogP contribution in [0.5, 0.6) is 0 Å². The van der Waals surface area contributed by atoms with Crippen molar-refractivity contribution >= 4 is 0 Å². The zero-order valence-corrected chi connectivity index (χ0v) is 13.3. The van der Waals surface area contributed by atoms with E-state index in [1.54, 1.807) is 0 Å². The Hall–Kier alpha value is -1.60. The summed E-state index contributed by atoms with van der Waals surface area (Å²) in [5.41, 5.74) is 5.74. The second-order valence-electron chi connectivity index (χ2n) is 6.31. The Labute approximate surface area is 128 Å². The molecule has 1 heteroatoms. The van der Waals surface area contributed by atoms with Gasteiger partial charge in [0, 0.05) is 6.04 Å². The molecule has 110 valence electrons. The molecule has 21 heavy (non-hydrogen) atoms. The van der Waals surface area contributed by atoms with E-state index in [2.05, 4.69) is 74.6 Å². The van der Waals surface area contributed by atoms with E-state index < -0.39 is 0 Å². The van der Waals surface area contributed by atoms with E-state index in [4.69, 9.17) is 0 Å². The maximum absolute atomic E-state index is 3.72. The van der Waals surface area contributed by atoms with E-state index in [9.17, 15) is 0 Å². The molecule has 0 bridgehead atoms. The summed E-state index contributed by atoms with van der Waals surface area (Å²) < 4.78 is 0. The van der Waals surface area contributed by atoms with Crippen LogP contribution in [-0.2, 0) is 0 Å². The van der Waals surface area contributed by atoms with Gasteiger partial charge in [-0.15, -0.1) is 0 Å². The summed E-state index contributed by atoms with van der Waals surface area (Å²) in [5.74, 6) is 1.45. The Kier molecular flexibility index (Phi) is 4.12. The molecular weight excluding hydrogens is 254 g/mol. The summed E-state index contributed by atoms with van der Waals surface area (Å²) in [6.07, 6.45) is 1.30. The van der Waals surface area contributed by atoms with Gasteiger partial charge in [-0.3, -0.25) is 0 Å². The summed E-state index contributed by atoms with van der Waals surface area (Å²) in [6.45, 7) is 7.64. The van der Waals surface area contributed by atoms with Gasteiger partial charge < -0.3 is 5.32 Å². The van der Waals surface area contributed by atoms with Gasteiger partial charge in [-0.05, 0) is 55.3 Å². The monoisotopic (exact) mass is 279 g/mol. The minimum atomic E-state index is 0.487. The normalized spacial score (nSPS) is 22.0. The molecule has 1 aliphatic rings. The molecule has 0 aromatic heterocycles. The minimum absolute atomic E-state index is 0.487. The SMILES string of the molecule is CCNC(c1ccc(C)cc1C)C1CC1c1ccccc1. The van der Waals surface area contributed by atoms with Crippen LogP contribution in [0, 0.1) is 19.8 Å². The second kappa shape index (κ2) is 6.03. The zero-order valence-electron chi connectivity index (χ0n) is 13.3. The number of rotatable bonds is 5. The Morgan fingerprint density at radius 1 is 1.10 bits per heavy atom. The maximum Gasteiger partial charge on any atom is 0.0357 e. The predicted octanol–water partition coefficient (Wildman–Crippen LogP) is 4.76. The van der Waals surface area contributed by atoms with Crippen LogP contribution in [0.1, 0.15) is 47.6 Å². The molecule has 0 spiro atoms. The van der Waals surface area contributed by atoms with Crippen LogP contribution < -0.4 is 5.32 Å². The van der Waals surface area contributed by atoms with E-state index in [1.165, 1.54) is 28.7 Å². The smallest absolute Gasteiger partial charge is 0.0357 e. The average molecular weight is 279 g/mol. The molecule has 0 radical (unpaired) electrons. The van der Waals surface area contributed by atoms with Crippen LogP contribution >= 0.6 is 0 Å². The largest absolute Gasteiger partial charge is 0.310 e. The van der Waals surface area contributed by atoms with Crippen LogP contribution in [0.25, 0.3) is 0 Å². The van der Waals surface area contributed by atoms with E-state index >= 15 is 0 Å². The summed E-state index contributed by atoms with van der Waals surface area (Å²) in [4.78, 5) is 0. The van der Waals surface area contributed by atoms with Gasteiger partial charge in [0.15, 0.2) is 0 Å². The lowest BCUT2D eigenvalue weighted by molar-refractivity contribution is 0.485. The van der Waals surface area contributed by atoms with Crippen molar-refractivity contribution < 1.29 is 0 Å². The highest BCUT2D eigenvalue weighted by Gasteiger charge is 2.44. The zero-order chi connectivity index (χ0) is 14.8. The minimum Gasteiger partial charge on any atom is -0.310 e. The molecule has 0 saturated heterocycles. The van der Waals surface area contributed by atoms with Gasteiger partial charge >= 0.3 is 0 Å². The van der Waals surface area contributed by atoms with E-state index in [1.807, 2.05) is 0 Å². The number of benzene rings is 2. The maximum atomic E-state index is 3.72. The molecule has 0 heterocycles. The molecule has 1 N–H and O–H groups in total. The van der Waals surface area contributed by atoms with Crippen LogP contribution in [0.15, 0.2) is 48.5 Å². The summed E-state index contributed by atoms with van der Waals surface area (Å²) >= 11 is 0. The third-order valence-electron chi connectivity index (χ3n) is 4.68. The molecule has 3 unspecified atom stereocenters. The van der Waals surface area contributed by atoms with E-state index in [0.29, 0.717) is 6.04 Å². The van der Waals surface area contributed by atoms with Crippen LogP contribution in [0.2, 0.25) is 0 Å². The van der Waals surface area contributed by atoms with Crippen molar-refractivity contribution in [3.63, 3.8) is 0 Å². The molecule has 3 atom stereocenters. The molecule has 2 aromatic rings. The Bertz CT molecular complexity index is 602. The van der Waals surface area contributed by atoms with E-state index in [-0.39, 0.29) is 0 Å². The second-order valence-corrected chi connectivity index (χ2v) is 6.31. The first-order valence-electron chi connectivity index (χ1n) is 8.06. The summed E-state index contributed by atoms with van der Waals surface area (Å²) in [5, 5.41) is 3.72. The summed E-state index contributed by atoms with van der Waals surface area (Å²) in [6, 6.07) is 18.3. The lowest BCUT2D eigenvalue weighted by Gasteiger charge is -2.21. The summed E-state index contributed by atoms with van der Waals surface area (Å²) in [7, 11) is 0. The molecule has 1 aliphatic carbocycles. The molecule has 1 nitrogen and oxygen atoms in total. The quantitative estimate of drug-likeness (QED) is 0.832. The van der Waals surface area contributed by atoms with Crippen molar-refractivity contribution in [3.05, 3.63) is 70.8 Å². The first-order chi connectivity index (χ1) is 10.2. The Balaban J connectivity index is 1.83. The third kappa shape index (κ3) is 3.03. The molecule has 0 aliphatic heterocycles. The average Bonchev–Trinajstić information content (AvgIpc) is 3.27. The molecule has 1 fully saturated rings. The van der Waals surface area contributed by atoms with Gasteiger partial charge in [-0.1, -0.05) is 61.0 Å². The van der Waals surface area contributed by atoms with Crippen LogP contribution in [0.3, 0.4) is 0 Å². The fourth-order valence-corrected chi connectivity index (χ4v) is 3.55. The lowest BCUT2D eigenvalue weighted by Crippen LogP contribution is -2.24. The first-order valence-corrected chi connectivity index (χ1v) is 8.06. The van der Waals surface area contributed by atoms with Gasteiger partial charge in [0.2, 0.25) is 0 Å². The van der Waals surface area contributed by atoms with Gasteiger partial charge in [-0.2, -0.15) is 0 Å². The molecule has 0 amide bonds. The van der Waals surface area contributed by atoms with Crippen molar-refractivity contribution in [2.75, 3.05) is 6.54 Å². The molecule has 3 rings (SSSR count). The van der Waals surface area contributed by atoms with Crippen molar-refractivity contribution in [1.82, 2.24) is 5.32 Å². The number of nitrogens with one attached hydrogen (secondary N) is 1. The number of hydrogen-bond donors (Lipinski definition) is 1. The van der Waals surface area contributed by atoms with Gasteiger partial charge in [0.25, 0.3) is 0 Å². The van der Waals surface area contributed by atoms with Crippen LogP contribution in [-0.4, -0.2) is 6.54 Å². The van der Waals surface area contributed by atoms with Crippen molar-refractivity contribution in [2.45, 2.75) is 39.2 Å². The Morgan fingerprint density at radius 2 is 1.86 bits per heavy atom. The van der Waals surface area contributed by atoms with Gasteiger partial charge in [0.1, 0.15) is 0 Å². The molecule has 2 aromatic carbocycles.